The molecule has 0 saturated carbocycles. The van der Waals surface area contributed by atoms with Crippen LogP contribution in [-0.4, -0.2) is 20.5 Å². The van der Waals surface area contributed by atoms with Gasteiger partial charge in [-0.2, -0.15) is 0 Å². The van der Waals surface area contributed by atoms with Gasteiger partial charge in [0.05, 0.1) is 0 Å². The van der Waals surface area contributed by atoms with Gasteiger partial charge in [-0.3, -0.25) is 0 Å². The minimum atomic E-state index is -1.12. The van der Waals surface area contributed by atoms with Gasteiger partial charge in [0.1, 0.15) is 0 Å². The summed E-state index contributed by atoms with van der Waals surface area (Å²) in [5.74, 6) is 0. The van der Waals surface area contributed by atoms with Crippen molar-refractivity contribution in [2.45, 2.75) is 19.6 Å². The molecule has 0 aliphatic heterocycles. The van der Waals surface area contributed by atoms with Crippen molar-refractivity contribution in [1.82, 2.24) is 0 Å². The predicted octanol–water partition coefficient (Wildman–Crippen LogP) is 2.71. The molecule has 88 valence electrons. The second-order valence-corrected chi connectivity index (χ2v) is 23.9. The summed E-state index contributed by atoms with van der Waals surface area (Å²) in [5.41, 5.74) is 0. The Bertz CT molecular complexity index is 420. The second-order valence-electron chi connectivity index (χ2n) is 5.18. The molecule has 0 atom stereocenters. The molecule has 0 bridgehead atoms. The van der Waals surface area contributed by atoms with Crippen molar-refractivity contribution in [3.8, 4) is 0 Å². The molecular formula is C15H19AsSi. The van der Waals surface area contributed by atoms with Gasteiger partial charge in [-0.15, -0.1) is 0 Å². The normalized spacial score (nSPS) is 11.8. The quantitative estimate of drug-likeness (QED) is 0.765. The van der Waals surface area contributed by atoms with Crippen molar-refractivity contribution >= 4 is 29.2 Å². The molecule has 17 heavy (non-hydrogen) atoms. The zero-order chi connectivity index (χ0) is 12.3. The predicted molar refractivity (Wildman–Crippen MR) is 81.3 cm³/mol. The third-order valence-corrected chi connectivity index (χ3v) is 18.6. The van der Waals surface area contributed by atoms with Gasteiger partial charge in [-0.05, 0) is 0 Å². The Morgan fingerprint density at radius 2 is 1.00 bits per heavy atom. The number of hydrogen-bond donors (Lipinski definition) is 0. The molecule has 0 N–H and O–H groups in total. The molecule has 0 radical (unpaired) electrons. The Morgan fingerprint density at radius 1 is 0.647 bits per heavy atom. The van der Waals surface area contributed by atoms with E-state index in [1.165, 1.54) is 0 Å². The van der Waals surface area contributed by atoms with E-state index >= 15 is 0 Å². The number of benzene rings is 2. The molecule has 0 nitrogen and oxygen atoms in total. The van der Waals surface area contributed by atoms with Crippen molar-refractivity contribution in [2.24, 2.45) is 0 Å². The van der Waals surface area contributed by atoms with Crippen LogP contribution < -0.4 is 8.70 Å². The van der Waals surface area contributed by atoms with E-state index in [4.69, 9.17) is 0 Å². The Hall–Kier alpha value is -0.785. The van der Waals surface area contributed by atoms with Gasteiger partial charge >= 0.3 is 110 Å². The molecule has 2 heteroatoms. The maximum absolute atomic E-state index is 2.51. The van der Waals surface area contributed by atoms with Crippen LogP contribution in [0.1, 0.15) is 0 Å². The Balaban J connectivity index is 2.48. The fourth-order valence-electron chi connectivity index (χ4n) is 2.08. The van der Waals surface area contributed by atoms with Gasteiger partial charge in [-0.1, -0.05) is 0 Å². The topological polar surface area (TPSA) is 0 Å². The molecule has 0 aromatic heterocycles. The average molecular weight is 302 g/mol. The van der Waals surface area contributed by atoms with E-state index < -0.39 is 20.5 Å². The van der Waals surface area contributed by atoms with Gasteiger partial charge in [-0.25, -0.2) is 0 Å². The van der Waals surface area contributed by atoms with E-state index in [-0.39, 0.29) is 0 Å². The summed E-state index contributed by atoms with van der Waals surface area (Å²) in [4.78, 5) is 0. The molecule has 0 amide bonds. The van der Waals surface area contributed by atoms with Crippen molar-refractivity contribution in [3.05, 3.63) is 60.7 Å². The van der Waals surface area contributed by atoms with Gasteiger partial charge < -0.3 is 0 Å². The van der Waals surface area contributed by atoms with Crippen molar-refractivity contribution in [3.63, 3.8) is 0 Å². The van der Waals surface area contributed by atoms with Crippen molar-refractivity contribution in [2.75, 3.05) is 0 Å². The van der Waals surface area contributed by atoms with Crippen LogP contribution in [0, 0.1) is 0 Å². The summed E-state index contributed by atoms with van der Waals surface area (Å²) in [6, 6.07) is 22.3. The van der Waals surface area contributed by atoms with Crippen LogP contribution in [0.2, 0.25) is 19.6 Å². The first-order valence-electron chi connectivity index (χ1n) is 5.99. The molecular weight excluding hydrogens is 283 g/mol. The van der Waals surface area contributed by atoms with Crippen molar-refractivity contribution in [1.29, 1.82) is 0 Å². The van der Waals surface area contributed by atoms with Crippen LogP contribution in [0.4, 0.5) is 0 Å². The second kappa shape index (κ2) is 5.24. The SMILES string of the molecule is C[Si](C)(C)[As](c1ccccc1)c1ccccc1. The van der Waals surface area contributed by atoms with E-state index in [1.54, 1.807) is 8.70 Å². The number of hydrogen-bond acceptors (Lipinski definition) is 0. The molecule has 2 aromatic carbocycles. The average Bonchev–Trinajstić information content (AvgIpc) is 2.30. The Labute approximate surface area is 109 Å². The third kappa shape index (κ3) is 3.11. The van der Waals surface area contributed by atoms with Gasteiger partial charge in [0.15, 0.2) is 0 Å². The Kier molecular flexibility index (Phi) is 3.91. The van der Waals surface area contributed by atoms with Crippen LogP contribution in [0.5, 0.6) is 0 Å². The maximum atomic E-state index is 2.51. The molecule has 0 unspecified atom stereocenters. The molecule has 0 spiro atoms. The summed E-state index contributed by atoms with van der Waals surface area (Å²) in [6.07, 6.45) is 0. The van der Waals surface area contributed by atoms with E-state index in [9.17, 15) is 0 Å². The van der Waals surface area contributed by atoms with E-state index in [0.29, 0.717) is 0 Å². The zero-order valence-corrected chi connectivity index (χ0v) is 13.6. The third-order valence-electron chi connectivity index (χ3n) is 2.70. The molecule has 2 aromatic rings. The summed E-state index contributed by atoms with van der Waals surface area (Å²) >= 11 is -1.08. The molecule has 0 heterocycles. The first-order valence-corrected chi connectivity index (χ1v) is 14.1. The van der Waals surface area contributed by atoms with Crippen LogP contribution in [0.3, 0.4) is 0 Å². The van der Waals surface area contributed by atoms with Gasteiger partial charge in [0, 0.05) is 0 Å². The van der Waals surface area contributed by atoms with Crippen LogP contribution >= 0.6 is 0 Å². The van der Waals surface area contributed by atoms with Crippen LogP contribution in [0.25, 0.3) is 0 Å². The molecule has 2 rings (SSSR count). The van der Waals surface area contributed by atoms with Gasteiger partial charge in [0.25, 0.3) is 0 Å². The fourth-order valence-corrected chi connectivity index (χ4v) is 17.5. The Morgan fingerprint density at radius 3 is 1.29 bits per heavy atom. The van der Waals surface area contributed by atoms with E-state index in [2.05, 4.69) is 80.3 Å². The van der Waals surface area contributed by atoms with Gasteiger partial charge in [0.2, 0.25) is 0 Å². The molecule has 0 aliphatic rings. The fraction of sp³-hybridized carbons (Fsp3) is 0.200. The van der Waals surface area contributed by atoms with Crippen LogP contribution in [-0.2, 0) is 0 Å². The molecule has 0 saturated heterocycles. The zero-order valence-electron chi connectivity index (χ0n) is 10.7. The molecule has 0 fully saturated rings. The van der Waals surface area contributed by atoms with E-state index in [0.717, 1.165) is 0 Å². The standard InChI is InChI=1S/C15H19AsSi/c1-17(2,3)16(14-10-6-4-7-11-14)15-12-8-5-9-13-15/h4-13H,1-3H3. The minimum absolute atomic E-state index is 1.08. The van der Waals surface area contributed by atoms with Crippen molar-refractivity contribution < 1.29 is 0 Å². The first-order chi connectivity index (χ1) is 8.09. The summed E-state index contributed by atoms with van der Waals surface area (Å²) in [5, 5.41) is 0. The summed E-state index contributed by atoms with van der Waals surface area (Å²) in [6.45, 7) is 6.40. The molecule has 0 aliphatic carbocycles. The summed E-state index contributed by atoms with van der Waals surface area (Å²) in [7, 11) is 0. The number of rotatable bonds is 3. The summed E-state index contributed by atoms with van der Waals surface area (Å²) < 4.78 is 3.20. The monoisotopic (exact) mass is 302 g/mol. The first kappa shape index (κ1) is 12.7. The van der Waals surface area contributed by atoms with Crippen LogP contribution in [0.15, 0.2) is 60.7 Å². The van der Waals surface area contributed by atoms with E-state index in [1.807, 2.05) is 0 Å².